The molecule has 5 rings (SSSR count). The molecule has 35 heavy (non-hydrogen) atoms. The van der Waals surface area contributed by atoms with Gasteiger partial charge in [-0.15, -0.1) is 0 Å². The Labute approximate surface area is 206 Å². The molecule has 0 spiro atoms. The van der Waals surface area contributed by atoms with Gasteiger partial charge < -0.3 is 13.9 Å². The predicted molar refractivity (Wildman–Crippen MR) is 147 cm³/mol. The van der Waals surface area contributed by atoms with Crippen LogP contribution in [0.3, 0.4) is 0 Å². The van der Waals surface area contributed by atoms with E-state index in [9.17, 15) is 9.13 Å². The van der Waals surface area contributed by atoms with E-state index in [0.29, 0.717) is 22.1 Å². The Morgan fingerprint density at radius 3 is 1.57 bits per heavy atom. The molecular formula is C30H24O3P2. The van der Waals surface area contributed by atoms with E-state index in [1.54, 1.807) is 0 Å². The summed E-state index contributed by atoms with van der Waals surface area (Å²) in [6.07, 6.45) is 0. The zero-order valence-electron chi connectivity index (χ0n) is 19.0. The van der Waals surface area contributed by atoms with E-state index in [1.807, 2.05) is 140 Å². The largest absolute Gasteiger partial charge is 0.456 e. The van der Waals surface area contributed by atoms with Crippen LogP contribution in [0.2, 0.25) is 0 Å². The van der Waals surface area contributed by atoms with Crippen LogP contribution in [0.4, 0.5) is 0 Å². The molecule has 0 aromatic heterocycles. The molecule has 0 aliphatic carbocycles. The van der Waals surface area contributed by atoms with E-state index in [1.165, 1.54) is 0 Å². The van der Waals surface area contributed by atoms with Crippen molar-refractivity contribution in [3.63, 3.8) is 0 Å². The predicted octanol–water partition coefficient (Wildman–Crippen LogP) is 5.63. The molecular weight excluding hydrogens is 470 g/mol. The first-order chi connectivity index (χ1) is 17.2. The topological polar surface area (TPSA) is 43.4 Å². The van der Waals surface area contributed by atoms with Crippen molar-refractivity contribution in [2.75, 3.05) is 0 Å². The van der Waals surface area contributed by atoms with Gasteiger partial charge in [0.25, 0.3) is 0 Å². The second-order valence-corrected chi connectivity index (χ2v) is 12.5. The molecule has 0 aliphatic rings. The van der Waals surface area contributed by atoms with E-state index in [-0.39, 0.29) is 0 Å². The van der Waals surface area contributed by atoms with E-state index in [4.69, 9.17) is 4.74 Å². The Hall–Kier alpha value is -3.64. The number of ether oxygens (including phenoxy) is 1. The molecule has 0 radical (unpaired) electrons. The van der Waals surface area contributed by atoms with Crippen molar-refractivity contribution in [3.05, 3.63) is 140 Å². The highest BCUT2D eigenvalue weighted by molar-refractivity contribution is 7.85. The van der Waals surface area contributed by atoms with Gasteiger partial charge in [-0.1, -0.05) is 115 Å². The highest BCUT2D eigenvalue weighted by Gasteiger charge is 2.32. The van der Waals surface area contributed by atoms with Gasteiger partial charge >= 0.3 is 0 Å². The van der Waals surface area contributed by atoms with Gasteiger partial charge in [-0.05, 0) is 24.3 Å². The molecule has 0 fully saturated rings. The van der Waals surface area contributed by atoms with Crippen molar-refractivity contribution >= 4 is 41.5 Å². The number of benzene rings is 5. The van der Waals surface area contributed by atoms with Crippen LogP contribution in [0.5, 0.6) is 11.5 Å². The molecule has 0 aliphatic heterocycles. The van der Waals surface area contributed by atoms with Gasteiger partial charge in [-0.2, -0.15) is 0 Å². The van der Waals surface area contributed by atoms with Crippen molar-refractivity contribution in [3.8, 4) is 11.5 Å². The average molecular weight is 494 g/mol. The summed E-state index contributed by atoms with van der Waals surface area (Å²) in [7, 11) is -5.53. The quantitative estimate of drug-likeness (QED) is 0.276. The Morgan fingerprint density at radius 1 is 0.514 bits per heavy atom. The van der Waals surface area contributed by atoms with Crippen LogP contribution in [0, 0.1) is 0 Å². The zero-order valence-corrected chi connectivity index (χ0v) is 20.8. The molecule has 1 unspecified atom stereocenters. The molecule has 1 atom stereocenters. The van der Waals surface area contributed by atoms with E-state index >= 15 is 0 Å². The fourth-order valence-corrected chi connectivity index (χ4v) is 8.29. The molecule has 5 heteroatoms. The average Bonchev–Trinajstić information content (AvgIpc) is 2.94. The molecule has 0 saturated heterocycles. The number of rotatable bonds is 7. The summed E-state index contributed by atoms with van der Waals surface area (Å²) in [5.41, 5.74) is 0. The van der Waals surface area contributed by atoms with Crippen LogP contribution in [-0.4, -0.2) is 0 Å². The third kappa shape index (κ3) is 4.66. The minimum atomic E-state index is -3.24. The molecule has 0 saturated carbocycles. The van der Waals surface area contributed by atoms with Crippen LogP contribution in [0.1, 0.15) is 0 Å². The van der Waals surface area contributed by atoms with Crippen molar-refractivity contribution in [1.82, 2.24) is 0 Å². The van der Waals surface area contributed by atoms with Crippen molar-refractivity contribution < 1.29 is 13.9 Å². The standard InChI is InChI=1S/C30H24O3P2/c31-34(24-14-4-1-5-15-24)29-22-12-10-20-27(29)33-28-21-11-13-23-30(28)35(32,25-16-6-2-7-17-25)26-18-8-3-9-19-26/h1-23,34H. The van der Waals surface area contributed by atoms with Gasteiger partial charge in [0.05, 0.1) is 10.6 Å². The lowest BCUT2D eigenvalue weighted by molar-refractivity contribution is 0.489. The fraction of sp³-hybridized carbons (Fsp3) is 0. The zero-order chi connectivity index (χ0) is 24.1. The highest BCUT2D eigenvalue weighted by Crippen LogP contribution is 2.45. The summed E-state index contributed by atoms with van der Waals surface area (Å²) in [6, 6.07) is 43.2. The summed E-state index contributed by atoms with van der Waals surface area (Å²) in [6.45, 7) is 0. The van der Waals surface area contributed by atoms with Crippen LogP contribution in [0.25, 0.3) is 0 Å². The maximum Gasteiger partial charge on any atom is 0.174 e. The van der Waals surface area contributed by atoms with Gasteiger partial charge in [-0.3, -0.25) is 0 Å². The minimum absolute atomic E-state index is 0.485. The van der Waals surface area contributed by atoms with Crippen LogP contribution < -0.4 is 31.3 Å². The van der Waals surface area contributed by atoms with Gasteiger partial charge in [0.2, 0.25) is 0 Å². The first kappa shape index (κ1) is 23.1. The van der Waals surface area contributed by atoms with E-state index in [2.05, 4.69) is 0 Å². The maximum absolute atomic E-state index is 14.9. The van der Waals surface area contributed by atoms with Gasteiger partial charge in [0.1, 0.15) is 19.3 Å². The summed E-state index contributed by atoms with van der Waals surface area (Å²) in [4.78, 5) is 0. The van der Waals surface area contributed by atoms with Crippen LogP contribution in [-0.2, 0) is 9.13 Å². The summed E-state index contributed by atoms with van der Waals surface area (Å²) in [5.74, 6) is 0.985. The molecule has 5 aromatic rings. The lowest BCUT2D eigenvalue weighted by atomic mass is 10.3. The highest BCUT2D eigenvalue weighted by atomic mass is 31.2. The fourth-order valence-electron chi connectivity index (χ4n) is 4.11. The van der Waals surface area contributed by atoms with Crippen LogP contribution in [0.15, 0.2) is 140 Å². The molecule has 0 heterocycles. The lowest BCUT2D eigenvalue weighted by Gasteiger charge is -2.23. The Bertz CT molecular complexity index is 1460. The second kappa shape index (κ2) is 10.3. The van der Waals surface area contributed by atoms with Crippen molar-refractivity contribution in [1.29, 1.82) is 0 Å². The smallest absolute Gasteiger partial charge is 0.174 e. The first-order valence-electron chi connectivity index (χ1n) is 11.4. The molecule has 172 valence electrons. The van der Waals surface area contributed by atoms with E-state index in [0.717, 1.165) is 15.9 Å². The summed E-state index contributed by atoms with van der Waals surface area (Å²) in [5, 5.41) is 3.46. The molecule has 0 amide bonds. The third-order valence-corrected chi connectivity index (χ3v) is 10.7. The lowest BCUT2D eigenvalue weighted by Crippen LogP contribution is -2.26. The molecule has 5 aromatic carbocycles. The summed E-state index contributed by atoms with van der Waals surface area (Å²) >= 11 is 0. The number of hydrogen-bond acceptors (Lipinski definition) is 3. The molecule has 0 bridgehead atoms. The van der Waals surface area contributed by atoms with Gasteiger partial charge in [0, 0.05) is 15.9 Å². The van der Waals surface area contributed by atoms with Crippen LogP contribution >= 0.6 is 14.9 Å². The third-order valence-electron chi connectivity index (χ3n) is 5.83. The maximum atomic E-state index is 14.9. The Balaban J connectivity index is 1.63. The minimum Gasteiger partial charge on any atom is -0.456 e. The molecule has 3 nitrogen and oxygen atoms in total. The molecule has 0 N–H and O–H groups in total. The number of para-hydroxylation sites is 2. The Kier molecular flexibility index (Phi) is 6.82. The first-order valence-corrected chi connectivity index (χ1v) is 14.5. The second-order valence-electron chi connectivity index (χ2n) is 8.04. The van der Waals surface area contributed by atoms with Crippen molar-refractivity contribution in [2.45, 2.75) is 0 Å². The summed E-state index contributed by atoms with van der Waals surface area (Å²) < 4.78 is 34.8. The van der Waals surface area contributed by atoms with Gasteiger partial charge in [0.15, 0.2) is 7.14 Å². The normalized spacial score (nSPS) is 12.1. The number of hydrogen-bond donors (Lipinski definition) is 0. The van der Waals surface area contributed by atoms with Gasteiger partial charge in [-0.25, -0.2) is 0 Å². The van der Waals surface area contributed by atoms with E-state index < -0.39 is 14.9 Å². The van der Waals surface area contributed by atoms with Crippen molar-refractivity contribution in [2.24, 2.45) is 0 Å². The Morgan fingerprint density at radius 2 is 0.971 bits per heavy atom. The monoisotopic (exact) mass is 494 g/mol. The SMILES string of the molecule is O=[PH](c1ccccc1)c1ccccc1Oc1ccccc1P(=O)(c1ccccc1)c1ccccc1.